The number of aromatic amines is 1. The van der Waals surface area contributed by atoms with E-state index in [1.807, 2.05) is 0 Å². The normalized spacial score (nSPS) is 11.6. The lowest BCUT2D eigenvalue weighted by molar-refractivity contribution is -0.137. The molecule has 0 amide bonds. The molecule has 2 N–H and O–H groups in total. The number of H-pyrrole nitrogens is 1. The molecule has 7 heteroatoms. The summed E-state index contributed by atoms with van der Waals surface area (Å²) in [5.41, 5.74) is -0.190. The highest BCUT2D eigenvalue weighted by molar-refractivity contribution is 6.05. The molecule has 0 atom stereocenters. The molecule has 23 heavy (non-hydrogen) atoms. The van der Waals surface area contributed by atoms with Crippen LogP contribution in [0.1, 0.15) is 15.9 Å². The van der Waals surface area contributed by atoms with Crippen LogP contribution in [-0.2, 0) is 6.18 Å². The number of benzene rings is 2. The second kappa shape index (κ2) is 5.35. The van der Waals surface area contributed by atoms with Gasteiger partial charge in [-0.1, -0.05) is 6.07 Å². The number of carboxylic acid groups (broad SMARTS) is 1. The zero-order valence-corrected chi connectivity index (χ0v) is 11.5. The Hall–Kier alpha value is -2.96. The fraction of sp³-hybridized carbons (Fsp3) is 0.0625. The number of ether oxygens (including phenoxy) is 1. The third-order valence-electron chi connectivity index (χ3n) is 3.31. The molecule has 0 saturated heterocycles. The smallest absolute Gasteiger partial charge is 0.416 e. The highest BCUT2D eigenvalue weighted by Gasteiger charge is 2.30. The van der Waals surface area contributed by atoms with E-state index in [0.29, 0.717) is 10.9 Å². The summed E-state index contributed by atoms with van der Waals surface area (Å²) in [5, 5.41) is 9.55. The Morgan fingerprint density at radius 3 is 2.39 bits per heavy atom. The van der Waals surface area contributed by atoms with Crippen molar-refractivity contribution in [3.63, 3.8) is 0 Å². The van der Waals surface area contributed by atoms with E-state index >= 15 is 0 Å². The van der Waals surface area contributed by atoms with E-state index in [2.05, 4.69) is 4.98 Å². The maximum Gasteiger partial charge on any atom is 0.416 e. The van der Waals surface area contributed by atoms with Gasteiger partial charge in [0.25, 0.3) is 0 Å². The topological polar surface area (TPSA) is 62.3 Å². The number of carboxylic acids is 1. The first-order valence-corrected chi connectivity index (χ1v) is 6.55. The number of hydrogen-bond acceptors (Lipinski definition) is 2. The number of aromatic carboxylic acids is 1. The van der Waals surface area contributed by atoms with Crippen LogP contribution in [-0.4, -0.2) is 16.1 Å². The fourth-order valence-corrected chi connectivity index (χ4v) is 2.24. The van der Waals surface area contributed by atoms with Crippen LogP contribution in [0.2, 0.25) is 0 Å². The number of carbonyl (C=O) groups is 1. The molecule has 0 aliphatic heterocycles. The molecule has 0 aliphatic rings. The van der Waals surface area contributed by atoms with Gasteiger partial charge in [0.15, 0.2) is 0 Å². The summed E-state index contributed by atoms with van der Waals surface area (Å²) in [6.07, 6.45) is -3.08. The Balaban J connectivity index is 1.98. The number of alkyl halides is 3. The third-order valence-corrected chi connectivity index (χ3v) is 3.31. The molecule has 0 unspecified atom stereocenters. The number of rotatable bonds is 3. The minimum Gasteiger partial charge on any atom is -0.478 e. The molecule has 3 rings (SSSR count). The third kappa shape index (κ3) is 2.85. The lowest BCUT2D eigenvalue weighted by atomic mass is 10.1. The van der Waals surface area contributed by atoms with Crippen LogP contribution in [0.5, 0.6) is 11.5 Å². The van der Waals surface area contributed by atoms with E-state index in [-0.39, 0.29) is 17.1 Å². The number of fused-ring (bicyclic) bond motifs is 1. The fourth-order valence-electron chi connectivity index (χ4n) is 2.24. The predicted molar refractivity (Wildman–Crippen MR) is 76.8 cm³/mol. The molecular weight excluding hydrogens is 311 g/mol. The van der Waals surface area contributed by atoms with Gasteiger partial charge < -0.3 is 14.8 Å². The Morgan fingerprint density at radius 1 is 1.09 bits per heavy atom. The molecule has 0 radical (unpaired) electrons. The Bertz CT molecular complexity index is 866. The van der Waals surface area contributed by atoms with E-state index in [9.17, 15) is 23.1 Å². The second-order valence-corrected chi connectivity index (χ2v) is 4.81. The Morgan fingerprint density at radius 2 is 1.78 bits per heavy atom. The van der Waals surface area contributed by atoms with Gasteiger partial charge in [-0.05, 0) is 36.4 Å². The molecule has 0 bridgehead atoms. The number of aromatic nitrogens is 1. The molecule has 0 spiro atoms. The van der Waals surface area contributed by atoms with Crippen molar-refractivity contribution in [3.8, 4) is 11.5 Å². The molecule has 1 aromatic heterocycles. The lowest BCUT2D eigenvalue weighted by Crippen LogP contribution is -2.04. The number of hydrogen-bond donors (Lipinski definition) is 2. The standard InChI is InChI=1S/C16H10F3NO3/c17-16(18,19)9-4-6-10(7-5-9)23-13-3-1-2-12-14(13)11(8-20-12)15(21)22/h1-8,20H,(H,21,22). The van der Waals surface area contributed by atoms with Gasteiger partial charge in [-0.25, -0.2) is 4.79 Å². The van der Waals surface area contributed by atoms with Crippen molar-refractivity contribution >= 4 is 16.9 Å². The van der Waals surface area contributed by atoms with Crippen LogP contribution >= 0.6 is 0 Å². The summed E-state index contributed by atoms with van der Waals surface area (Å²) in [7, 11) is 0. The van der Waals surface area contributed by atoms with E-state index in [0.717, 1.165) is 12.1 Å². The van der Waals surface area contributed by atoms with E-state index in [1.165, 1.54) is 18.3 Å². The van der Waals surface area contributed by atoms with Gasteiger partial charge >= 0.3 is 12.1 Å². The SMILES string of the molecule is O=C(O)c1c[nH]c2cccc(Oc3ccc(C(F)(F)F)cc3)c12. The van der Waals surface area contributed by atoms with Crippen molar-refractivity contribution in [2.75, 3.05) is 0 Å². The maximum absolute atomic E-state index is 12.5. The van der Waals surface area contributed by atoms with Crippen molar-refractivity contribution in [2.45, 2.75) is 6.18 Å². The van der Waals surface area contributed by atoms with Crippen molar-refractivity contribution in [1.29, 1.82) is 0 Å². The molecule has 4 nitrogen and oxygen atoms in total. The summed E-state index contributed by atoms with van der Waals surface area (Å²) in [4.78, 5) is 14.1. The van der Waals surface area contributed by atoms with E-state index in [4.69, 9.17) is 4.74 Å². The molecule has 0 saturated carbocycles. The maximum atomic E-state index is 12.5. The Labute approximate surface area is 128 Å². The van der Waals surface area contributed by atoms with Crippen molar-refractivity contribution in [3.05, 3.63) is 59.8 Å². The van der Waals surface area contributed by atoms with Crippen LogP contribution in [0.25, 0.3) is 10.9 Å². The molecule has 0 aliphatic carbocycles. The molecular formula is C16H10F3NO3. The summed E-state index contributed by atoms with van der Waals surface area (Å²) in [6.45, 7) is 0. The zero-order chi connectivity index (χ0) is 16.6. The second-order valence-electron chi connectivity index (χ2n) is 4.81. The van der Waals surface area contributed by atoms with Gasteiger partial charge in [-0.15, -0.1) is 0 Å². The van der Waals surface area contributed by atoms with Gasteiger partial charge in [-0.2, -0.15) is 13.2 Å². The average molecular weight is 321 g/mol. The Kier molecular flexibility index (Phi) is 3.48. The van der Waals surface area contributed by atoms with Gasteiger partial charge in [0.2, 0.25) is 0 Å². The molecule has 1 heterocycles. The molecule has 0 fully saturated rings. The summed E-state index contributed by atoms with van der Waals surface area (Å²) in [5.74, 6) is -0.691. The van der Waals surface area contributed by atoms with E-state index < -0.39 is 17.7 Å². The predicted octanol–water partition coefficient (Wildman–Crippen LogP) is 4.68. The molecule has 118 valence electrons. The average Bonchev–Trinajstić information content (AvgIpc) is 2.92. The van der Waals surface area contributed by atoms with Crippen LogP contribution in [0.3, 0.4) is 0 Å². The monoisotopic (exact) mass is 321 g/mol. The number of halogens is 3. The first-order chi connectivity index (χ1) is 10.9. The van der Waals surface area contributed by atoms with Crippen molar-refractivity contribution in [1.82, 2.24) is 4.98 Å². The first kappa shape index (κ1) is 15.0. The van der Waals surface area contributed by atoms with Crippen LogP contribution in [0.4, 0.5) is 13.2 Å². The van der Waals surface area contributed by atoms with Gasteiger partial charge in [0.05, 0.1) is 22.0 Å². The summed E-state index contributed by atoms with van der Waals surface area (Å²) < 4.78 is 43.2. The highest BCUT2D eigenvalue weighted by atomic mass is 19.4. The minimum absolute atomic E-state index is 0.0301. The van der Waals surface area contributed by atoms with Crippen molar-refractivity contribution in [2.24, 2.45) is 0 Å². The quantitative estimate of drug-likeness (QED) is 0.736. The first-order valence-electron chi connectivity index (χ1n) is 6.55. The molecule has 2 aromatic carbocycles. The van der Waals surface area contributed by atoms with Gasteiger partial charge in [0.1, 0.15) is 11.5 Å². The summed E-state index contributed by atoms with van der Waals surface area (Å²) >= 11 is 0. The van der Waals surface area contributed by atoms with Gasteiger partial charge in [-0.3, -0.25) is 0 Å². The highest BCUT2D eigenvalue weighted by Crippen LogP contribution is 2.34. The van der Waals surface area contributed by atoms with Crippen LogP contribution < -0.4 is 4.74 Å². The largest absolute Gasteiger partial charge is 0.478 e. The van der Waals surface area contributed by atoms with Gasteiger partial charge in [0, 0.05) is 6.20 Å². The number of nitrogens with one attached hydrogen (secondary N) is 1. The van der Waals surface area contributed by atoms with Crippen molar-refractivity contribution < 1.29 is 27.8 Å². The lowest BCUT2D eigenvalue weighted by Gasteiger charge is -2.10. The minimum atomic E-state index is -4.42. The van der Waals surface area contributed by atoms with Crippen LogP contribution in [0, 0.1) is 0 Å². The van der Waals surface area contributed by atoms with E-state index in [1.54, 1.807) is 18.2 Å². The summed E-state index contributed by atoms with van der Waals surface area (Å²) in [6, 6.07) is 9.09. The molecule has 3 aromatic rings. The zero-order valence-electron chi connectivity index (χ0n) is 11.5. The van der Waals surface area contributed by atoms with Crippen LogP contribution in [0.15, 0.2) is 48.7 Å².